The van der Waals surface area contributed by atoms with Crippen molar-refractivity contribution in [2.45, 2.75) is 26.5 Å². The molecule has 0 saturated heterocycles. The van der Waals surface area contributed by atoms with Gasteiger partial charge < -0.3 is 24.3 Å². The molecule has 33 heavy (non-hydrogen) atoms. The van der Waals surface area contributed by atoms with E-state index in [0.29, 0.717) is 24.8 Å². The van der Waals surface area contributed by atoms with Crippen molar-refractivity contribution in [1.82, 2.24) is 5.32 Å². The van der Waals surface area contributed by atoms with E-state index in [9.17, 15) is 0 Å². The summed E-state index contributed by atoms with van der Waals surface area (Å²) in [6.45, 7) is 4.47. The molecule has 7 heteroatoms. The molecule has 0 atom stereocenters. The summed E-state index contributed by atoms with van der Waals surface area (Å²) < 4.78 is 22.7. The van der Waals surface area contributed by atoms with Crippen LogP contribution in [0.4, 0.5) is 0 Å². The fourth-order valence-electron chi connectivity index (χ4n) is 3.36. The van der Waals surface area contributed by atoms with Crippen molar-refractivity contribution in [3.05, 3.63) is 82.4 Å². The molecule has 0 spiro atoms. The monoisotopic (exact) mass is 491 g/mol. The lowest BCUT2D eigenvalue weighted by Gasteiger charge is -2.17. The molecular formula is C26H31Cl2NO4. The zero-order valence-corrected chi connectivity index (χ0v) is 20.8. The average molecular weight is 492 g/mol. The quantitative estimate of drug-likeness (QED) is 0.310. The number of rotatable bonds is 12. The highest BCUT2D eigenvalue weighted by atomic mass is 35.5. The van der Waals surface area contributed by atoms with Gasteiger partial charge in [0.2, 0.25) is 0 Å². The average Bonchev–Trinajstić information content (AvgIpc) is 2.82. The highest BCUT2D eigenvalue weighted by Crippen LogP contribution is 2.32. The van der Waals surface area contributed by atoms with Gasteiger partial charge in [-0.3, -0.25) is 0 Å². The number of halogens is 2. The molecule has 0 bridgehead atoms. The lowest BCUT2D eigenvalue weighted by Crippen LogP contribution is -2.17. The number of nitrogens with one attached hydrogen (secondary N) is 1. The van der Waals surface area contributed by atoms with E-state index in [1.54, 1.807) is 14.2 Å². The van der Waals surface area contributed by atoms with Gasteiger partial charge in [-0.25, -0.2) is 0 Å². The molecule has 0 unspecified atom stereocenters. The zero-order valence-electron chi connectivity index (χ0n) is 19.2. The Kier molecular flexibility index (Phi) is 11.2. The molecule has 0 heterocycles. The number of benzene rings is 3. The summed E-state index contributed by atoms with van der Waals surface area (Å²) in [5, 5.41) is 4.22. The first-order valence-corrected chi connectivity index (χ1v) is 11.1. The van der Waals surface area contributed by atoms with Gasteiger partial charge in [0.25, 0.3) is 0 Å². The summed E-state index contributed by atoms with van der Waals surface area (Å²) in [6, 6.07) is 19.6. The first-order valence-electron chi connectivity index (χ1n) is 10.7. The highest BCUT2D eigenvalue weighted by molar-refractivity contribution is 6.30. The van der Waals surface area contributed by atoms with E-state index in [1.807, 2.05) is 55.5 Å². The molecule has 0 radical (unpaired) electrons. The SMILES string of the molecule is CCOc1cccc(CNCCc2ccc(OC)c(OC)c2)c1OCc1ccc(Cl)cc1.Cl. The van der Waals surface area contributed by atoms with Crippen molar-refractivity contribution in [3.8, 4) is 23.0 Å². The Morgan fingerprint density at radius 2 is 1.55 bits per heavy atom. The summed E-state index contributed by atoms with van der Waals surface area (Å²) in [5.74, 6) is 3.00. The van der Waals surface area contributed by atoms with Crippen LogP contribution in [-0.4, -0.2) is 27.4 Å². The highest BCUT2D eigenvalue weighted by Gasteiger charge is 2.12. The Labute approximate surface area is 207 Å². The van der Waals surface area contributed by atoms with Crippen molar-refractivity contribution in [2.75, 3.05) is 27.4 Å². The Morgan fingerprint density at radius 1 is 0.818 bits per heavy atom. The second-order valence-electron chi connectivity index (χ2n) is 7.21. The normalized spacial score (nSPS) is 10.3. The molecule has 0 saturated carbocycles. The van der Waals surface area contributed by atoms with Crippen molar-refractivity contribution in [1.29, 1.82) is 0 Å². The third-order valence-electron chi connectivity index (χ3n) is 5.01. The smallest absolute Gasteiger partial charge is 0.166 e. The maximum absolute atomic E-state index is 6.18. The number of hydrogen-bond acceptors (Lipinski definition) is 5. The Bertz CT molecular complexity index is 996. The van der Waals surface area contributed by atoms with Gasteiger partial charge in [0.1, 0.15) is 6.61 Å². The number of hydrogen-bond donors (Lipinski definition) is 1. The molecular weight excluding hydrogens is 461 g/mol. The predicted octanol–water partition coefficient (Wildman–Crippen LogP) is 6.09. The molecule has 0 aromatic heterocycles. The largest absolute Gasteiger partial charge is 0.493 e. The number of ether oxygens (including phenoxy) is 4. The molecule has 0 aliphatic carbocycles. The van der Waals surface area contributed by atoms with Crippen LogP contribution in [0.25, 0.3) is 0 Å². The molecule has 0 aliphatic heterocycles. The first kappa shape index (κ1) is 26.7. The van der Waals surface area contributed by atoms with Crippen LogP contribution in [0, 0.1) is 0 Å². The number of methoxy groups -OCH3 is 2. The standard InChI is InChI=1S/C26H30ClNO4.ClH/c1-4-31-24-7-5-6-21(26(24)32-18-20-8-11-22(27)12-9-20)17-28-15-14-19-10-13-23(29-2)25(16-19)30-3;/h5-13,16,28H,4,14-15,17-18H2,1-3H3;1H. The molecule has 3 rings (SSSR count). The predicted molar refractivity (Wildman–Crippen MR) is 136 cm³/mol. The maximum atomic E-state index is 6.18. The van der Waals surface area contributed by atoms with Crippen LogP contribution in [0.3, 0.4) is 0 Å². The summed E-state index contributed by atoms with van der Waals surface area (Å²) in [4.78, 5) is 0. The van der Waals surface area contributed by atoms with E-state index in [-0.39, 0.29) is 12.4 Å². The van der Waals surface area contributed by atoms with Crippen LogP contribution >= 0.6 is 24.0 Å². The van der Waals surface area contributed by atoms with Gasteiger partial charge in [0, 0.05) is 17.1 Å². The molecule has 1 N–H and O–H groups in total. The van der Waals surface area contributed by atoms with Gasteiger partial charge in [0.05, 0.1) is 20.8 Å². The summed E-state index contributed by atoms with van der Waals surface area (Å²) in [7, 11) is 3.29. The Balaban J connectivity index is 0.00000385. The van der Waals surface area contributed by atoms with Crippen LogP contribution < -0.4 is 24.3 Å². The molecule has 3 aromatic carbocycles. The lowest BCUT2D eigenvalue weighted by molar-refractivity contribution is 0.266. The molecule has 5 nitrogen and oxygen atoms in total. The third kappa shape index (κ3) is 7.74. The maximum Gasteiger partial charge on any atom is 0.166 e. The second kappa shape index (κ2) is 13.8. The van der Waals surface area contributed by atoms with E-state index in [1.165, 1.54) is 5.56 Å². The van der Waals surface area contributed by atoms with Gasteiger partial charge in [-0.1, -0.05) is 41.9 Å². The van der Waals surface area contributed by atoms with Gasteiger partial charge in [-0.05, 0) is 61.3 Å². The van der Waals surface area contributed by atoms with Gasteiger partial charge in [-0.15, -0.1) is 12.4 Å². The molecule has 0 amide bonds. The molecule has 3 aromatic rings. The minimum Gasteiger partial charge on any atom is -0.493 e. The Morgan fingerprint density at radius 3 is 2.24 bits per heavy atom. The van der Waals surface area contributed by atoms with Crippen molar-refractivity contribution < 1.29 is 18.9 Å². The minimum atomic E-state index is 0. The van der Waals surface area contributed by atoms with Crippen molar-refractivity contribution in [3.63, 3.8) is 0 Å². The van der Waals surface area contributed by atoms with Crippen LogP contribution in [0.2, 0.25) is 5.02 Å². The summed E-state index contributed by atoms with van der Waals surface area (Å²) in [6.07, 6.45) is 0.868. The van der Waals surface area contributed by atoms with Gasteiger partial charge in [-0.2, -0.15) is 0 Å². The topological polar surface area (TPSA) is 49.0 Å². The molecule has 0 aliphatic rings. The zero-order chi connectivity index (χ0) is 22.8. The minimum absolute atomic E-state index is 0. The van der Waals surface area contributed by atoms with Crippen molar-refractivity contribution in [2.24, 2.45) is 0 Å². The van der Waals surface area contributed by atoms with Crippen LogP contribution in [0.1, 0.15) is 23.6 Å². The van der Waals surface area contributed by atoms with E-state index >= 15 is 0 Å². The molecule has 178 valence electrons. The van der Waals surface area contributed by atoms with E-state index in [4.69, 9.17) is 30.5 Å². The fourth-order valence-corrected chi connectivity index (χ4v) is 3.49. The fraction of sp³-hybridized carbons (Fsp3) is 0.308. The second-order valence-corrected chi connectivity index (χ2v) is 7.65. The van der Waals surface area contributed by atoms with E-state index in [0.717, 1.165) is 47.1 Å². The van der Waals surface area contributed by atoms with Crippen molar-refractivity contribution >= 4 is 24.0 Å². The third-order valence-corrected chi connectivity index (χ3v) is 5.26. The van der Waals surface area contributed by atoms with E-state index in [2.05, 4.69) is 17.4 Å². The first-order chi connectivity index (χ1) is 15.6. The van der Waals surface area contributed by atoms with Crippen LogP contribution in [0.5, 0.6) is 23.0 Å². The van der Waals surface area contributed by atoms with Gasteiger partial charge in [0.15, 0.2) is 23.0 Å². The van der Waals surface area contributed by atoms with Crippen LogP contribution in [-0.2, 0) is 19.6 Å². The summed E-state index contributed by atoms with van der Waals surface area (Å²) >= 11 is 5.99. The van der Waals surface area contributed by atoms with Crippen LogP contribution in [0.15, 0.2) is 60.7 Å². The van der Waals surface area contributed by atoms with E-state index < -0.39 is 0 Å². The summed E-state index contributed by atoms with van der Waals surface area (Å²) in [5.41, 5.74) is 3.28. The van der Waals surface area contributed by atoms with Gasteiger partial charge >= 0.3 is 0 Å². The lowest BCUT2D eigenvalue weighted by atomic mass is 10.1. The molecule has 0 fully saturated rings. The Hall–Kier alpha value is -2.60. The number of para-hydroxylation sites is 1.